The molecule has 240 valence electrons. The third-order valence-electron chi connectivity index (χ3n) is 10.2. The summed E-state index contributed by atoms with van der Waals surface area (Å²) in [7, 11) is 1.43. The van der Waals surface area contributed by atoms with Crippen LogP contribution in [-0.2, 0) is 24.6 Å². The van der Waals surface area contributed by atoms with Gasteiger partial charge in [-0.25, -0.2) is 4.79 Å². The predicted octanol–water partition coefficient (Wildman–Crippen LogP) is 4.38. The van der Waals surface area contributed by atoms with Crippen molar-refractivity contribution >= 4 is 57.9 Å². The molecule has 12 heteroatoms. The Morgan fingerprint density at radius 2 is 1.70 bits per heavy atom. The highest BCUT2D eigenvalue weighted by Crippen LogP contribution is 2.64. The molecule has 0 radical (unpaired) electrons. The smallest absolute Gasteiger partial charge is 0.328 e. The molecule has 2 aliphatic carbocycles. The quantitative estimate of drug-likeness (QED) is 0.197. The van der Waals surface area contributed by atoms with Gasteiger partial charge in [0.05, 0.1) is 39.5 Å². The zero-order valence-corrected chi connectivity index (χ0v) is 27.6. The number of carbonyl (C=O) groups excluding carboxylic acids is 5. The lowest BCUT2D eigenvalue weighted by Gasteiger charge is -2.50. The molecule has 6 atom stereocenters. The standard InChI is InChI=1S/C35H31IN4O7/c1-17-8-10-20(11-9-17)38-40-31(43)24-16-23-21(12-13-22-27(23)32(44)39(30(22)42)34(37)46)28(18-14-25(36)29(41)26(15-18)47-2)35(24,33(40)45)19-6-4-3-5-7-19/h3-12,14-15,22-24,27-28,38,41H,13,16H2,1-2H3,(H2,37,46)/t22-,23+,24-,27-,28-,35+/m0/s1. The maximum Gasteiger partial charge on any atom is 0.328 e. The number of urea groups is 1. The van der Waals surface area contributed by atoms with E-state index < -0.39 is 64.7 Å². The van der Waals surface area contributed by atoms with Crippen molar-refractivity contribution in [2.24, 2.45) is 29.4 Å². The number of primary amides is 1. The van der Waals surface area contributed by atoms with Gasteiger partial charge in [0.1, 0.15) is 0 Å². The van der Waals surface area contributed by atoms with Crippen LogP contribution in [-0.4, -0.2) is 51.8 Å². The highest BCUT2D eigenvalue weighted by Gasteiger charge is 2.70. The number of nitrogens with one attached hydrogen (secondary N) is 1. The summed E-state index contributed by atoms with van der Waals surface area (Å²) >= 11 is 1.99. The lowest BCUT2D eigenvalue weighted by Crippen LogP contribution is -2.53. The topological polar surface area (TPSA) is 159 Å². The van der Waals surface area contributed by atoms with Crippen molar-refractivity contribution in [2.75, 3.05) is 12.5 Å². The van der Waals surface area contributed by atoms with Crippen LogP contribution in [0.5, 0.6) is 11.5 Å². The van der Waals surface area contributed by atoms with E-state index in [1.54, 1.807) is 24.3 Å². The second-order valence-electron chi connectivity index (χ2n) is 12.5. The SMILES string of the molecule is COc1cc([C@H]2C3=CC[C@@H]4C(=O)N(C(N)=O)C(=O)[C@@H]4[C@@H]3C[C@H]3C(=O)N(Nc4ccc(C)cc4)C(=O)[C@@]23c2ccccc2)cc(I)c1O. The van der Waals surface area contributed by atoms with Crippen molar-refractivity contribution < 1.29 is 33.8 Å². The van der Waals surface area contributed by atoms with Gasteiger partial charge in [-0.05, 0) is 83.7 Å². The van der Waals surface area contributed by atoms with E-state index in [1.165, 1.54) is 7.11 Å². The van der Waals surface area contributed by atoms with Crippen LogP contribution in [0.1, 0.15) is 35.4 Å². The van der Waals surface area contributed by atoms with Crippen molar-refractivity contribution in [2.45, 2.75) is 31.1 Å². The van der Waals surface area contributed by atoms with Crippen LogP contribution in [0.4, 0.5) is 10.5 Å². The Morgan fingerprint density at radius 3 is 2.36 bits per heavy atom. The Morgan fingerprint density at radius 1 is 1.00 bits per heavy atom. The molecular weight excluding hydrogens is 715 g/mol. The maximum absolute atomic E-state index is 15.1. The number of nitrogens with two attached hydrogens (primary N) is 1. The second kappa shape index (κ2) is 11.2. The first-order valence-corrected chi connectivity index (χ1v) is 16.3. The Bertz CT molecular complexity index is 1900. The van der Waals surface area contributed by atoms with Gasteiger partial charge >= 0.3 is 6.03 Å². The number of amides is 6. The number of hydrogen-bond donors (Lipinski definition) is 3. The average molecular weight is 747 g/mol. The van der Waals surface area contributed by atoms with Crippen molar-refractivity contribution in [3.8, 4) is 11.5 Å². The summed E-state index contributed by atoms with van der Waals surface area (Å²) in [5.74, 6) is -6.39. The molecule has 0 bridgehead atoms. The molecular formula is C35H31IN4O7. The summed E-state index contributed by atoms with van der Waals surface area (Å²) in [6.07, 6.45) is 2.11. The van der Waals surface area contributed by atoms with E-state index in [4.69, 9.17) is 10.5 Å². The number of aryl methyl sites for hydroxylation is 1. The van der Waals surface area contributed by atoms with Gasteiger partial charge in [0.15, 0.2) is 11.5 Å². The largest absolute Gasteiger partial charge is 0.504 e. The normalized spacial score (nSPS) is 28.1. The van der Waals surface area contributed by atoms with Gasteiger partial charge in [-0.2, -0.15) is 9.91 Å². The van der Waals surface area contributed by atoms with Crippen LogP contribution in [0.2, 0.25) is 0 Å². The molecule has 2 saturated heterocycles. The van der Waals surface area contributed by atoms with Gasteiger partial charge < -0.3 is 15.6 Å². The van der Waals surface area contributed by atoms with Gasteiger partial charge in [-0.15, -0.1) is 0 Å². The summed E-state index contributed by atoms with van der Waals surface area (Å²) in [6, 6.07) is 18.7. The summed E-state index contributed by atoms with van der Waals surface area (Å²) in [5, 5.41) is 11.9. The molecule has 11 nitrogen and oxygen atoms in total. The number of benzene rings is 3. The fourth-order valence-corrected chi connectivity index (χ4v) is 8.88. The summed E-state index contributed by atoms with van der Waals surface area (Å²) in [5.41, 5.74) is 10.5. The highest BCUT2D eigenvalue weighted by molar-refractivity contribution is 14.1. The zero-order chi connectivity index (χ0) is 33.4. The number of phenolic OH excluding ortho intramolecular Hbond substituents is 1. The number of nitrogens with zero attached hydrogens (tertiary/aromatic N) is 2. The molecule has 0 unspecified atom stereocenters. The molecule has 3 aromatic rings. The maximum atomic E-state index is 15.1. The van der Waals surface area contributed by atoms with E-state index in [-0.39, 0.29) is 24.3 Å². The van der Waals surface area contributed by atoms with Crippen LogP contribution in [0.25, 0.3) is 0 Å². The van der Waals surface area contributed by atoms with Crippen LogP contribution in [0.3, 0.4) is 0 Å². The second-order valence-corrected chi connectivity index (χ2v) is 13.7. The Balaban J connectivity index is 1.48. The van der Waals surface area contributed by atoms with Crippen LogP contribution in [0.15, 0.2) is 78.4 Å². The fraction of sp³-hybridized carbons (Fsp3) is 0.286. The number of imide groups is 4. The minimum atomic E-state index is -1.48. The molecule has 47 heavy (non-hydrogen) atoms. The number of carbonyl (C=O) groups is 5. The van der Waals surface area contributed by atoms with Crippen molar-refractivity contribution in [3.63, 3.8) is 0 Å². The van der Waals surface area contributed by atoms with E-state index in [1.807, 2.05) is 78.1 Å². The van der Waals surface area contributed by atoms with E-state index in [9.17, 15) is 24.3 Å². The number of methoxy groups -OCH3 is 1. The first-order chi connectivity index (χ1) is 22.5. The van der Waals surface area contributed by atoms with Gasteiger partial charge in [-0.3, -0.25) is 24.6 Å². The van der Waals surface area contributed by atoms with E-state index in [0.29, 0.717) is 30.9 Å². The molecule has 6 amide bonds. The number of fused-ring (bicyclic) bond motifs is 4. The van der Waals surface area contributed by atoms with Gasteiger partial charge in [0, 0.05) is 5.92 Å². The Hall–Kier alpha value is -4.72. The summed E-state index contributed by atoms with van der Waals surface area (Å²) < 4.78 is 6.00. The number of likely N-dealkylation sites (tertiary alicyclic amines) is 1. The molecule has 0 spiro atoms. The number of ether oxygens (including phenoxy) is 1. The van der Waals surface area contributed by atoms with Crippen LogP contribution >= 0.6 is 22.6 Å². The summed E-state index contributed by atoms with van der Waals surface area (Å²) in [4.78, 5) is 69.6. The average Bonchev–Trinajstić information content (AvgIpc) is 3.44. The lowest BCUT2D eigenvalue weighted by atomic mass is 9.49. The number of rotatable bonds is 5. The first kappa shape index (κ1) is 30.9. The molecule has 3 aromatic carbocycles. The van der Waals surface area contributed by atoms with Crippen LogP contribution in [0, 0.1) is 34.2 Å². The number of halogens is 1. The molecule has 4 aliphatic rings. The van der Waals surface area contributed by atoms with Crippen molar-refractivity contribution in [1.29, 1.82) is 0 Å². The predicted molar refractivity (Wildman–Crippen MR) is 178 cm³/mol. The monoisotopic (exact) mass is 746 g/mol. The Kier molecular flexibility index (Phi) is 7.38. The van der Waals surface area contributed by atoms with E-state index in [0.717, 1.165) is 10.6 Å². The summed E-state index contributed by atoms with van der Waals surface area (Å²) in [6.45, 7) is 1.93. The zero-order valence-electron chi connectivity index (χ0n) is 25.5. The lowest BCUT2D eigenvalue weighted by molar-refractivity contribution is -0.139. The molecule has 3 fully saturated rings. The first-order valence-electron chi connectivity index (χ1n) is 15.2. The van der Waals surface area contributed by atoms with Crippen molar-refractivity contribution in [3.05, 3.63) is 98.6 Å². The molecule has 7 rings (SSSR count). The molecule has 1 saturated carbocycles. The highest BCUT2D eigenvalue weighted by atomic mass is 127. The minimum Gasteiger partial charge on any atom is -0.504 e. The molecule has 2 heterocycles. The van der Waals surface area contributed by atoms with Crippen LogP contribution < -0.4 is 15.9 Å². The number of allylic oxidation sites excluding steroid dienone is 2. The number of hydrazine groups is 1. The number of aromatic hydroxyl groups is 1. The van der Waals surface area contributed by atoms with Crippen molar-refractivity contribution in [1.82, 2.24) is 9.91 Å². The van der Waals surface area contributed by atoms with E-state index in [2.05, 4.69) is 5.43 Å². The minimum absolute atomic E-state index is 0.0719. The van der Waals surface area contributed by atoms with Gasteiger partial charge in [0.25, 0.3) is 11.8 Å². The number of phenols is 1. The molecule has 4 N–H and O–H groups in total. The fourth-order valence-electron chi connectivity index (χ4n) is 8.26. The Labute approximate surface area is 283 Å². The molecule has 2 aliphatic heterocycles. The third-order valence-corrected chi connectivity index (χ3v) is 11.0. The van der Waals surface area contributed by atoms with Gasteiger partial charge in [0.2, 0.25) is 11.8 Å². The van der Waals surface area contributed by atoms with E-state index >= 15 is 4.79 Å². The number of anilines is 1. The third kappa shape index (κ3) is 4.40. The number of hydrogen-bond acceptors (Lipinski definition) is 8. The molecule has 0 aromatic heterocycles. The van der Waals surface area contributed by atoms with Gasteiger partial charge in [-0.1, -0.05) is 59.7 Å².